The summed E-state index contributed by atoms with van der Waals surface area (Å²) in [6.07, 6.45) is 6.64. The van der Waals surface area contributed by atoms with Crippen LogP contribution in [0.3, 0.4) is 0 Å². The van der Waals surface area contributed by atoms with Crippen molar-refractivity contribution in [3.63, 3.8) is 0 Å². The highest BCUT2D eigenvalue weighted by molar-refractivity contribution is 5.39. The molecule has 0 aromatic heterocycles. The van der Waals surface area contributed by atoms with Crippen LogP contribution >= 0.6 is 0 Å². The van der Waals surface area contributed by atoms with E-state index in [-0.39, 0.29) is 5.41 Å². The van der Waals surface area contributed by atoms with Crippen LogP contribution in [0.25, 0.3) is 0 Å². The zero-order chi connectivity index (χ0) is 13.8. The molecule has 1 saturated carbocycles. The molecule has 0 nitrogen and oxygen atoms in total. The molecule has 1 aliphatic rings. The van der Waals surface area contributed by atoms with Crippen LogP contribution in [0.15, 0.2) is 60.7 Å². The maximum Gasteiger partial charge on any atom is 0.0203 e. The maximum absolute atomic E-state index is 2.34. The highest BCUT2D eigenvalue weighted by Gasteiger charge is 2.37. The minimum atomic E-state index is 0.244. The molecular formula is C20H24. The lowest BCUT2D eigenvalue weighted by atomic mass is 9.63. The average Bonchev–Trinajstić information content (AvgIpc) is 2.56. The van der Waals surface area contributed by atoms with Gasteiger partial charge in [0.15, 0.2) is 0 Å². The van der Waals surface area contributed by atoms with Crippen LogP contribution < -0.4 is 0 Å². The first kappa shape index (κ1) is 13.4. The van der Waals surface area contributed by atoms with Crippen LogP contribution in [-0.4, -0.2) is 0 Å². The summed E-state index contributed by atoms with van der Waals surface area (Å²) in [5.74, 6) is 0.926. The molecular weight excluding hydrogens is 240 g/mol. The Hall–Kier alpha value is -1.56. The second-order valence-electron chi connectivity index (χ2n) is 6.17. The zero-order valence-corrected chi connectivity index (χ0v) is 12.4. The van der Waals surface area contributed by atoms with Crippen molar-refractivity contribution in [3.05, 3.63) is 71.8 Å². The lowest BCUT2D eigenvalue weighted by Gasteiger charge is -2.41. The normalized spacial score (nSPS) is 18.9. The van der Waals surface area contributed by atoms with E-state index in [1.54, 1.807) is 0 Å². The fraction of sp³-hybridized carbons (Fsp3) is 0.400. The van der Waals surface area contributed by atoms with Gasteiger partial charge in [-0.25, -0.2) is 0 Å². The molecule has 0 amide bonds. The first-order valence-electron chi connectivity index (χ1n) is 7.96. The minimum absolute atomic E-state index is 0.244. The van der Waals surface area contributed by atoms with Crippen LogP contribution in [0, 0.1) is 5.92 Å². The standard InChI is InChI=1S/C20H24/c1-2-17-13-15-20(16-14-17,18-9-5-3-6-10-18)19-11-7-4-8-12-19/h3-12,17H,2,13-16H2,1H3. The molecule has 20 heavy (non-hydrogen) atoms. The minimum Gasteiger partial charge on any atom is -0.0651 e. The molecule has 0 saturated heterocycles. The fourth-order valence-electron chi connectivity index (χ4n) is 3.84. The van der Waals surface area contributed by atoms with Crippen LogP contribution in [-0.2, 0) is 5.41 Å². The summed E-state index contributed by atoms with van der Waals surface area (Å²) in [6, 6.07) is 22.3. The van der Waals surface area contributed by atoms with Crippen molar-refractivity contribution < 1.29 is 0 Å². The van der Waals surface area contributed by atoms with Gasteiger partial charge in [-0.2, -0.15) is 0 Å². The summed E-state index contributed by atoms with van der Waals surface area (Å²) < 4.78 is 0. The van der Waals surface area contributed by atoms with E-state index < -0.39 is 0 Å². The fourth-order valence-corrected chi connectivity index (χ4v) is 3.84. The number of rotatable bonds is 3. The highest BCUT2D eigenvalue weighted by Crippen LogP contribution is 2.46. The molecule has 3 rings (SSSR count). The SMILES string of the molecule is CCC1CCC(c2ccccc2)(c2ccccc2)CC1. The second-order valence-corrected chi connectivity index (χ2v) is 6.17. The summed E-state index contributed by atoms with van der Waals surface area (Å²) >= 11 is 0. The Labute approximate surface area is 122 Å². The van der Waals surface area contributed by atoms with Crippen molar-refractivity contribution in [3.8, 4) is 0 Å². The molecule has 0 bridgehead atoms. The number of benzene rings is 2. The molecule has 0 unspecified atom stereocenters. The predicted octanol–water partition coefficient (Wildman–Crippen LogP) is 5.57. The molecule has 104 valence electrons. The monoisotopic (exact) mass is 264 g/mol. The third-order valence-corrected chi connectivity index (χ3v) is 5.19. The molecule has 0 heteroatoms. The molecule has 1 aliphatic carbocycles. The smallest absolute Gasteiger partial charge is 0.0203 e. The molecule has 0 aliphatic heterocycles. The summed E-state index contributed by atoms with van der Waals surface area (Å²) in [7, 11) is 0. The summed E-state index contributed by atoms with van der Waals surface area (Å²) in [4.78, 5) is 0. The van der Waals surface area contributed by atoms with Gasteiger partial charge in [0.05, 0.1) is 0 Å². The summed E-state index contributed by atoms with van der Waals surface area (Å²) in [5, 5.41) is 0. The molecule has 0 spiro atoms. The number of hydrogen-bond donors (Lipinski definition) is 0. The van der Waals surface area contributed by atoms with Crippen LogP contribution in [0.5, 0.6) is 0 Å². The van der Waals surface area contributed by atoms with Crippen LogP contribution in [0.2, 0.25) is 0 Å². The molecule has 0 heterocycles. The molecule has 0 atom stereocenters. The molecule has 1 fully saturated rings. The van der Waals surface area contributed by atoms with Crippen LogP contribution in [0.1, 0.15) is 50.2 Å². The lowest BCUT2D eigenvalue weighted by Crippen LogP contribution is -2.33. The van der Waals surface area contributed by atoms with Gasteiger partial charge < -0.3 is 0 Å². The second kappa shape index (κ2) is 5.83. The topological polar surface area (TPSA) is 0 Å². The van der Waals surface area contributed by atoms with Gasteiger partial charge in [0.2, 0.25) is 0 Å². The third kappa shape index (κ3) is 2.40. The van der Waals surface area contributed by atoms with Crippen LogP contribution in [0.4, 0.5) is 0 Å². The summed E-state index contributed by atoms with van der Waals surface area (Å²) in [5.41, 5.74) is 3.25. The van der Waals surface area contributed by atoms with E-state index in [0.29, 0.717) is 0 Å². The quantitative estimate of drug-likeness (QED) is 0.679. The van der Waals surface area contributed by atoms with E-state index in [4.69, 9.17) is 0 Å². The lowest BCUT2D eigenvalue weighted by molar-refractivity contribution is 0.260. The zero-order valence-electron chi connectivity index (χ0n) is 12.4. The van der Waals surface area contributed by atoms with Gasteiger partial charge in [-0.15, -0.1) is 0 Å². The highest BCUT2D eigenvalue weighted by atomic mass is 14.4. The Balaban J connectivity index is 2.01. The third-order valence-electron chi connectivity index (χ3n) is 5.19. The van der Waals surface area contributed by atoms with Crippen molar-refractivity contribution in [1.29, 1.82) is 0 Å². The first-order valence-corrected chi connectivity index (χ1v) is 7.96. The predicted molar refractivity (Wildman–Crippen MR) is 85.9 cm³/mol. The Kier molecular flexibility index (Phi) is 3.91. The van der Waals surface area contributed by atoms with Gasteiger partial charge in [-0.3, -0.25) is 0 Å². The average molecular weight is 264 g/mol. The first-order chi connectivity index (χ1) is 9.85. The Morgan fingerprint density at radius 2 is 1.25 bits per heavy atom. The molecule has 2 aromatic rings. The van der Waals surface area contributed by atoms with E-state index in [2.05, 4.69) is 67.6 Å². The Morgan fingerprint density at radius 1 is 0.800 bits per heavy atom. The largest absolute Gasteiger partial charge is 0.0651 e. The van der Waals surface area contributed by atoms with Crippen molar-refractivity contribution in [2.24, 2.45) is 5.92 Å². The van der Waals surface area contributed by atoms with E-state index >= 15 is 0 Å². The van der Waals surface area contributed by atoms with Crippen molar-refractivity contribution in [1.82, 2.24) is 0 Å². The van der Waals surface area contributed by atoms with Crippen molar-refractivity contribution >= 4 is 0 Å². The van der Waals surface area contributed by atoms with E-state index in [1.807, 2.05) is 0 Å². The Bertz CT molecular complexity index is 477. The van der Waals surface area contributed by atoms with Gasteiger partial charge in [0.25, 0.3) is 0 Å². The molecule has 0 N–H and O–H groups in total. The van der Waals surface area contributed by atoms with Gasteiger partial charge in [0.1, 0.15) is 0 Å². The molecule has 2 aromatic carbocycles. The van der Waals surface area contributed by atoms with Gasteiger partial charge in [-0.05, 0) is 42.7 Å². The van der Waals surface area contributed by atoms with Crippen molar-refractivity contribution in [2.45, 2.75) is 44.4 Å². The van der Waals surface area contributed by atoms with Gasteiger partial charge in [0, 0.05) is 5.41 Å². The van der Waals surface area contributed by atoms with E-state index in [1.165, 1.54) is 43.2 Å². The van der Waals surface area contributed by atoms with Gasteiger partial charge >= 0.3 is 0 Å². The van der Waals surface area contributed by atoms with E-state index in [0.717, 1.165) is 5.92 Å². The summed E-state index contributed by atoms with van der Waals surface area (Å²) in [6.45, 7) is 2.34. The van der Waals surface area contributed by atoms with E-state index in [9.17, 15) is 0 Å². The maximum atomic E-state index is 2.34. The molecule has 0 radical (unpaired) electrons. The number of hydrogen-bond acceptors (Lipinski definition) is 0. The Morgan fingerprint density at radius 3 is 1.65 bits per heavy atom. The van der Waals surface area contributed by atoms with Crippen molar-refractivity contribution in [2.75, 3.05) is 0 Å². The van der Waals surface area contributed by atoms with Gasteiger partial charge in [-0.1, -0.05) is 74.0 Å².